The predicted octanol–water partition coefficient (Wildman–Crippen LogP) is 15.0. The smallest absolute Gasteiger partial charge is 0.389 e. The summed E-state index contributed by atoms with van der Waals surface area (Å²) in [5.41, 5.74) is 24.7. The number of aliphatic hydroxyl groups is 1. The van der Waals surface area contributed by atoms with E-state index >= 15 is 0 Å². The number of fused-ring (bicyclic) bond motifs is 12. The van der Waals surface area contributed by atoms with Crippen molar-refractivity contribution in [2.45, 2.75) is 237 Å². The van der Waals surface area contributed by atoms with Crippen molar-refractivity contribution in [1.29, 1.82) is 0 Å². The van der Waals surface area contributed by atoms with Crippen LogP contribution in [0.1, 0.15) is 201 Å². The van der Waals surface area contributed by atoms with Crippen LogP contribution in [-0.2, 0) is 4.79 Å². The maximum atomic E-state index is 12.0. The Morgan fingerprint density at radius 1 is 0.519 bits per heavy atom. The molecule has 3 aromatic rings. The predicted molar refractivity (Wildman–Crippen MR) is 337 cm³/mol. The van der Waals surface area contributed by atoms with E-state index in [1.165, 1.54) is 196 Å². The zero-order valence-electron chi connectivity index (χ0n) is 51.6. The van der Waals surface area contributed by atoms with Gasteiger partial charge in [0.05, 0.1) is 11.1 Å². The number of nitrogens with two attached hydrogens (primary N) is 1. The summed E-state index contributed by atoms with van der Waals surface area (Å²) in [5, 5.41) is 19.1. The Bertz CT molecular complexity index is 2490. The Labute approximate surface area is 504 Å². The number of benzene rings is 3. The van der Waals surface area contributed by atoms with Gasteiger partial charge in [0.2, 0.25) is 0 Å². The summed E-state index contributed by atoms with van der Waals surface area (Å²) in [6, 6.07) is 32.3. The van der Waals surface area contributed by atoms with Crippen molar-refractivity contribution in [3.05, 3.63) is 119 Å². The van der Waals surface area contributed by atoms with Gasteiger partial charge in [-0.15, -0.1) is 4.78 Å². The molecule has 81 heavy (non-hydrogen) atoms. The van der Waals surface area contributed by atoms with Crippen LogP contribution in [0.4, 0.5) is 0 Å². The van der Waals surface area contributed by atoms with Gasteiger partial charge in [0, 0.05) is 27.2 Å². The number of carbonyl (C=O) groups is 1. The summed E-state index contributed by atoms with van der Waals surface area (Å²) in [4.78, 5) is 17.8. The third kappa shape index (κ3) is 11.8. The average molecular weight is 1130 g/mol. The van der Waals surface area contributed by atoms with Crippen LogP contribution in [0.5, 0.6) is 0 Å². The minimum Gasteiger partial charge on any atom is -0.389 e. The summed E-state index contributed by atoms with van der Waals surface area (Å²) in [7, 11) is -1.89. The zero-order valence-corrected chi connectivity index (χ0v) is 53.5. The number of nitrogens with zero attached hydrogens (tertiary/aromatic N) is 6. The second-order valence-electron chi connectivity index (χ2n) is 29.1. The number of rotatable bonds is 5. The molecule has 0 radical (unpaired) electrons. The molecule has 0 heterocycles. The molecule has 9 nitrogen and oxygen atoms in total. The van der Waals surface area contributed by atoms with Gasteiger partial charge >= 0.3 is 18.9 Å². The molecule has 4 spiro atoms. The number of azide groups is 2. The van der Waals surface area contributed by atoms with Gasteiger partial charge < -0.3 is 18.3 Å². The van der Waals surface area contributed by atoms with E-state index < -0.39 is 16.2 Å². The molecule has 12 fully saturated rings. The van der Waals surface area contributed by atoms with Gasteiger partial charge in [-0.25, -0.2) is 0 Å². The first-order chi connectivity index (χ1) is 37.9. The molecule has 0 amide bonds. The molecular weight excluding hydrogens is 1020 g/mol. The third-order valence-electron chi connectivity index (χ3n) is 24.9. The van der Waals surface area contributed by atoms with Gasteiger partial charge in [-0.1, -0.05) is 174 Å². The summed E-state index contributed by atoms with van der Waals surface area (Å²) in [5.74, 6) is 6.86. The van der Waals surface area contributed by atoms with Gasteiger partial charge in [-0.05, 0) is 234 Å². The first-order valence-electron chi connectivity index (χ1n) is 32.0. The minimum atomic E-state index is -1.45. The molecule has 436 valence electrons. The van der Waals surface area contributed by atoms with Crippen molar-refractivity contribution in [2.75, 3.05) is 0 Å². The van der Waals surface area contributed by atoms with Crippen LogP contribution in [0.2, 0.25) is 19.6 Å². The van der Waals surface area contributed by atoms with Crippen LogP contribution in [0.15, 0.2) is 101 Å². The number of ketones is 1. The topological polar surface area (TPSA) is 161 Å². The van der Waals surface area contributed by atoms with Gasteiger partial charge in [0.15, 0.2) is 0 Å². The van der Waals surface area contributed by atoms with E-state index in [1.54, 1.807) is 0 Å². The molecule has 0 aliphatic heterocycles. The number of carbonyl (C=O) groups excluding carboxylic acids is 1. The fraction of sp³-hybridized carbons (Fsp3) is 0.710. The van der Waals surface area contributed by atoms with E-state index in [0.29, 0.717) is 39.8 Å². The van der Waals surface area contributed by atoms with E-state index in [4.69, 9.17) is 16.8 Å². The first-order valence-corrected chi connectivity index (χ1v) is 36.8. The molecule has 0 aromatic heterocycles. The van der Waals surface area contributed by atoms with E-state index in [1.807, 2.05) is 19.6 Å². The van der Waals surface area contributed by atoms with Crippen LogP contribution >= 0.6 is 7.92 Å². The molecular formula is C69H103LiN7O2PSi. The van der Waals surface area contributed by atoms with Crippen molar-refractivity contribution in [3.8, 4) is 0 Å². The summed E-state index contributed by atoms with van der Waals surface area (Å²) in [6.45, 7) is 12.7. The first kappa shape index (κ1) is 64.1. The molecule has 2 unspecified atom stereocenters. The van der Waals surface area contributed by atoms with Crippen molar-refractivity contribution >= 4 is 37.9 Å². The second kappa shape index (κ2) is 26.0. The fourth-order valence-electron chi connectivity index (χ4n) is 20.9. The van der Waals surface area contributed by atoms with Crippen LogP contribution in [0.3, 0.4) is 0 Å². The summed E-state index contributed by atoms with van der Waals surface area (Å²) < 4.78 is 3.58. The van der Waals surface area contributed by atoms with Crippen LogP contribution < -0.4 is 40.5 Å². The summed E-state index contributed by atoms with van der Waals surface area (Å²) >= 11 is 0. The van der Waals surface area contributed by atoms with Gasteiger partial charge in [-0.2, -0.15) is 0 Å². The Morgan fingerprint density at radius 2 is 0.901 bits per heavy atom. The second-order valence-corrected chi connectivity index (χ2v) is 35.9. The van der Waals surface area contributed by atoms with Crippen molar-refractivity contribution in [1.82, 2.24) is 0 Å². The zero-order chi connectivity index (χ0) is 55.7. The van der Waals surface area contributed by atoms with Gasteiger partial charge in [-0.3, -0.25) is 4.79 Å². The maximum absolute atomic E-state index is 12.0. The Balaban J connectivity index is 0.000000129. The minimum absolute atomic E-state index is 0. The summed E-state index contributed by atoms with van der Waals surface area (Å²) in [6.07, 6.45) is 37.7. The van der Waals surface area contributed by atoms with Crippen molar-refractivity contribution < 1.29 is 28.8 Å². The number of hydrogen-bond acceptors (Lipinski definition) is 5. The molecule has 3 N–H and O–H groups in total. The van der Waals surface area contributed by atoms with Crippen LogP contribution in [0.25, 0.3) is 20.9 Å². The standard InChI is InChI=1S/C18H15P.C12H19N3.C12H21N.C12H20O.C11H16O.C3H9N3Si.CH3.Li/c1-4-10-16(11-5-1)19(17-12-6-2-7-13-17)18-14-8-3-9-15-18;1-11(14-15-13)9-4-5-10(8-9)12(11)6-2-3-7-12;2*1-11(13)9-4-5-10(8-9)12(11)6-2-3-7-12;12-10-8-3-4-9(7-8)11(10)5-1-2-6-11;1-7(2,3)6-5-4;;/h1-15H;9-10H,2-8H2,1H3;9-10H,2-8,13H2,1H3;9-10,13H,2-8H2,1H3;8-9H,1-7H2;1-3H3;1H3;/q;;;;;;-1;+1/t;9-,10+,11?;9-,10+,11+;9-,10+,11?;8-,9+;;;/m.1111.../s1. The number of Topliss-reactive ketones (excluding diaryl/α,β-unsaturated/α-hetero) is 1. The molecule has 12 saturated carbocycles. The normalized spacial score (nSPS) is 35.0. The van der Waals surface area contributed by atoms with E-state index in [9.17, 15) is 9.90 Å². The Kier molecular flexibility index (Phi) is 20.6. The third-order valence-corrected chi connectivity index (χ3v) is 28.0. The molecule has 0 saturated heterocycles. The largest absolute Gasteiger partial charge is 1.00 e. The Morgan fingerprint density at radius 3 is 1.30 bits per heavy atom. The molecule has 3 aromatic carbocycles. The maximum Gasteiger partial charge on any atom is 1.00 e. The monoisotopic (exact) mass is 1130 g/mol. The van der Waals surface area contributed by atoms with E-state index in [2.05, 4.69) is 131 Å². The molecule has 12 aliphatic rings. The molecule has 8 bridgehead atoms. The quantitative estimate of drug-likeness (QED) is 0.0651. The Hall–Kier alpha value is -2.89. The van der Waals surface area contributed by atoms with Gasteiger partial charge in [0.25, 0.3) is 0 Å². The molecule has 12 heteroatoms. The average Bonchev–Trinajstić information content (AvgIpc) is 4.25. The molecule has 15 rings (SSSR count). The number of hydrogen-bond donors (Lipinski definition) is 2. The molecule has 11 atom stereocenters. The SMILES string of the molecule is CC1(N=[N+]=[N-])[C@@H]2CC[C@@H](C2)C12CCCC2.CC1(O)[C@@H]2CC[C@@H](C2)C12CCCC2.C[C@]1(N)[C@@H]2CC[C@@H](C2)C12CCCC2.C[Si](C)(C)N=[N+]=[N-].O=C1[C@@H]2CC[C@@H](C2)C12CCCC2.[CH3-].[Li+].c1ccc(P(c2ccccc2)c2ccccc2)cc1. The van der Waals surface area contributed by atoms with E-state index in [-0.39, 0.29) is 48.4 Å². The van der Waals surface area contributed by atoms with Crippen molar-refractivity contribution in [2.24, 2.45) is 84.6 Å². The van der Waals surface area contributed by atoms with Crippen LogP contribution in [0, 0.1) is 76.4 Å². The van der Waals surface area contributed by atoms with Gasteiger partial charge in [0.1, 0.15) is 14.0 Å². The molecule has 12 aliphatic carbocycles. The fourth-order valence-corrected chi connectivity index (χ4v) is 23.4. The van der Waals surface area contributed by atoms with E-state index in [0.717, 1.165) is 29.6 Å². The van der Waals surface area contributed by atoms with Crippen LogP contribution in [-0.4, -0.2) is 35.8 Å². The van der Waals surface area contributed by atoms with Crippen molar-refractivity contribution in [3.63, 3.8) is 0 Å².